The van der Waals surface area contributed by atoms with Crippen molar-refractivity contribution in [1.29, 1.82) is 0 Å². The van der Waals surface area contributed by atoms with Gasteiger partial charge in [-0.3, -0.25) is 9.59 Å². The van der Waals surface area contributed by atoms with Crippen molar-refractivity contribution < 1.29 is 22.8 Å². The van der Waals surface area contributed by atoms with E-state index in [1.807, 2.05) is 0 Å². The zero-order chi connectivity index (χ0) is 23.6. The summed E-state index contributed by atoms with van der Waals surface area (Å²) in [5, 5.41) is 2.52. The summed E-state index contributed by atoms with van der Waals surface area (Å²) in [6.45, 7) is 0.347. The molecule has 5 N–H and O–H groups in total. The van der Waals surface area contributed by atoms with Gasteiger partial charge in [0.25, 0.3) is 11.8 Å². The summed E-state index contributed by atoms with van der Waals surface area (Å²) in [6.07, 6.45) is -3.81. The Balaban J connectivity index is 1.94. The lowest BCUT2D eigenvalue weighted by Crippen LogP contribution is -2.37. The molecule has 1 atom stereocenters. The van der Waals surface area contributed by atoms with Gasteiger partial charge >= 0.3 is 6.18 Å². The smallest absolute Gasteiger partial charge is 0.370 e. The van der Waals surface area contributed by atoms with Crippen LogP contribution in [0.25, 0.3) is 0 Å². The SMILES string of the molecule is NC(N)=NC(=O)C1CCCN1c1ccc(NC(=O)c2ccc(Cl)cc2Cl)c(C(F)(F)F)c1. The molecule has 2 aromatic carbocycles. The standard InChI is InChI=1S/C20H18Cl2F3N5O2/c21-10-3-5-12(14(22)8-10)17(31)28-15-6-4-11(9-13(15)20(23,24)25)30-7-1-2-16(30)18(32)29-19(26)27/h3-6,8-9,16H,1-2,7H2,(H,28,31)(H4,26,27,29,32). The first kappa shape index (κ1) is 23.7. The zero-order valence-corrected chi connectivity index (χ0v) is 17.9. The van der Waals surface area contributed by atoms with Crippen molar-refractivity contribution >= 4 is 52.4 Å². The van der Waals surface area contributed by atoms with Gasteiger partial charge in [0.1, 0.15) is 6.04 Å². The summed E-state index contributed by atoms with van der Waals surface area (Å²) in [5.74, 6) is -1.88. The highest BCUT2D eigenvalue weighted by Gasteiger charge is 2.37. The minimum atomic E-state index is -4.78. The summed E-state index contributed by atoms with van der Waals surface area (Å²) >= 11 is 11.8. The van der Waals surface area contributed by atoms with Crippen LogP contribution in [0.1, 0.15) is 28.8 Å². The minimum absolute atomic E-state index is 0.00155. The lowest BCUT2D eigenvalue weighted by Gasteiger charge is -2.26. The van der Waals surface area contributed by atoms with Crippen LogP contribution in [0.15, 0.2) is 41.4 Å². The predicted molar refractivity (Wildman–Crippen MR) is 117 cm³/mol. The number of rotatable bonds is 4. The third-order valence-corrected chi connectivity index (χ3v) is 5.39. The van der Waals surface area contributed by atoms with Crippen LogP contribution >= 0.6 is 23.2 Å². The van der Waals surface area contributed by atoms with E-state index in [9.17, 15) is 22.8 Å². The molecule has 1 heterocycles. The van der Waals surface area contributed by atoms with Crippen molar-refractivity contribution in [3.05, 3.63) is 57.6 Å². The Morgan fingerprint density at radius 1 is 1.12 bits per heavy atom. The van der Waals surface area contributed by atoms with Gasteiger partial charge < -0.3 is 21.7 Å². The Morgan fingerprint density at radius 2 is 1.84 bits per heavy atom. The van der Waals surface area contributed by atoms with Crippen LogP contribution in [0.5, 0.6) is 0 Å². The normalized spacial score (nSPS) is 16.0. The molecule has 0 saturated carbocycles. The Bertz CT molecular complexity index is 1090. The maximum Gasteiger partial charge on any atom is 0.418 e. The highest BCUT2D eigenvalue weighted by atomic mass is 35.5. The molecule has 32 heavy (non-hydrogen) atoms. The number of nitrogens with one attached hydrogen (secondary N) is 1. The number of carbonyl (C=O) groups is 2. The lowest BCUT2D eigenvalue weighted by molar-refractivity contribution is -0.136. The Morgan fingerprint density at radius 3 is 2.47 bits per heavy atom. The molecule has 1 aliphatic rings. The van der Waals surface area contributed by atoms with Crippen molar-refractivity contribution in [2.75, 3.05) is 16.8 Å². The van der Waals surface area contributed by atoms with Crippen LogP contribution in [0, 0.1) is 0 Å². The second kappa shape index (κ2) is 9.25. The summed E-state index contributed by atoms with van der Waals surface area (Å²) in [7, 11) is 0. The van der Waals surface area contributed by atoms with Crippen LogP contribution in [-0.2, 0) is 11.0 Å². The van der Waals surface area contributed by atoms with Crippen molar-refractivity contribution in [2.24, 2.45) is 16.5 Å². The fraction of sp³-hybridized carbons (Fsp3) is 0.250. The number of aliphatic imine (C=N–C) groups is 1. The van der Waals surface area contributed by atoms with Gasteiger partial charge in [-0.15, -0.1) is 0 Å². The first-order valence-corrected chi connectivity index (χ1v) is 10.1. The quantitative estimate of drug-likeness (QED) is 0.444. The van der Waals surface area contributed by atoms with Crippen LogP contribution < -0.4 is 21.7 Å². The van der Waals surface area contributed by atoms with Crippen LogP contribution in [0.2, 0.25) is 10.0 Å². The van der Waals surface area contributed by atoms with Gasteiger partial charge in [0.2, 0.25) is 0 Å². The number of halogens is 5. The largest absolute Gasteiger partial charge is 0.418 e. The lowest BCUT2D eigenvalue weighted by atomic mass is 10.1. The Kier molecular flexibility index (Phi) is 6.85. The summed E-state index contributed by atoms with van der Waals surface area (Å²) < 4.78 is 41.4. The topological polar surface area (TPSA) is 114 Å². The molecule has 170 valence electrons. The zero-order valence-electron chi connectivity index (χ0n) is 16.4. The predicted octanol–water partition coefficient (Wildman–Crippen LogP) is 4.03. The van der Waals surface area contributed by atoms with Gasteiger partial charge in [0, 0.05) is 17.3 Å². The number of hydrogen-bond donors (Lipinski definition) is 3. The van der Waals surface area contributed by atoms with Crippen LogP contribution in [0.3, 0.4) is 0 Å². The third kappa shape index (κ3) is 5.25. The monoisotopic (exact) mass is 487 g/mol. The molecule has 0 aromatic heterocycles. The Hall–Kier alpha value is -2.98. The van der Waals surface area contributed by atoms with Crippen molar-refractivity contribution in [3.8, 4) is 0 Å². The van der Waals surface area contributed by atoms with Gasteiger partial charge in [-0.1, -0.05) is 23.2 Å². The molecule has 3 rings (SSSR count). The van der Waals surface area contributed by atoms with E-state index in [1.54, 1.807) is 0 Å². The van der Waals surface area contributed by atoms with E-state index in [0.29, 0.717) is 19.4 Å². The highest BCUT2D eigenvalue weighted by Crippen LogP contribution is 2.39. The fourth-order valence-corrected chi connectivity index (χ4v) is 3.95. The second-order valence-electron chi connectivity index (χ2n) is 7.03. The first-order chi connectivity index (χ1) is 15.0. The molecule has 2 amide bonds. The van der Waals surface area contributed by atoms with E-state index in [1.165, 1.54) is 29.2 Å². The van der Waals surface area contributed by atoms with E-state index >= 15 is 0 Å². The van der Waals surface area contributed by atoms with Crippen LogP contribution in [-0.4, -0.2) is 30.4 Å². The van der Waals surface area contributed by atoms with E-state index in [2.05, 4.69) is 10.3 Å². The average molecular weight is 488 g/mol. The summed E-state index contributed by atoms with van der Waals surface area (Å²) in [4.78, 5) is 29.8. The summed E-state index contributed by atoms with van der Waals surface area (Å²) in [5.41, 5.74) is 9.08. The van der Waals surface area contributed by atoms with E-state index in [-0.39, 0.29) is 21.3 Å². The van der Waals surface area contributed by atoms with E-state index in [4.69, 9.17) is 34.7 Å². The third-order valence-electron chi connectivity index (χ3n) is 4.84. The number of hydrogen-bond acceptors (Lipinski definition) is 3. The number of carbonyl (C=O) groups excluding carboxylic acids is 2. The Labute approximate surface area is 191 Å². The number of anilines is 2. The fourth-order valence-electron chi connectivity index (χ4n) is 3.45. The molecule has 0 radical (unpaired) electrons. The second-order valence-corrected chi connectivity index (χ2v) is 7.88. The number of alkyl halides is 3. The molecule has 1 unspecified atom stereocenters. The van der Waals surface area contributed by atoms with Gasteiger partial charge in [0.05, 0.1) is 21.8 Å². The van der Waals surface area contributed by atoms with Gasteiger partial charge in [-0.25, -0.2) is 0 Å². The van der Waals surface area contributed by atoms with Crippen molar-refractivity contribution in [2.45, 2.75) is 25.1 Å². The molecule has 0 bridgehead atoms. The average Bonchev–Trinajstić information content (AvgIpc) is 3.16. The number of amides is 2. The number of benzene rings is 2. The van der Waals surface area contributed by atoms with Gasteiger partial charge in [-0.05, 0) is 49.2 Å². The van der Waals surface area contributed by atoms with E-state index in [0.717, 1.165) is 12.1 Å². The number of guanidine groups is 1. The first-order valence-electron chi connectivity index (χ1n) is 9.35. The maximum absolute atomic E-state index is 13.8. The van der Waals surface area contributed by atoms with Gasteiger partial charge in [0.15, 0.2) is 5.96 Å². The molecule has 1 saturated heterocycles. The number of nitrogens with two attached hydrogens (primary N) is 2. The van der Waals surface area contributed by atoms with Gasteiger partial charge in [-0.2, -0.15) is 18.2 Å². The molecule has 12 heteroatoms. The molecule has 7 nitrogen and oxygen atoms in total. The molecular weight excluding hydrogens is 470 g/mol. The molecule has 2 aromatic rings. The van der Waals surface area contributed by atoms with Crippen molar-refractivity contribution in [3.63, 3.8) is 0 Å². The molecule has 1 aliphatic heterocycles. The number of nitrogens with zero attached hydrogens (tertiary/aromatic N) is 2. The minimum Gasteiger partial charge on any atom is -0.370 e. The highest BCUT2D eigenvalue weighted by molar-refractivity contribution is 6.37. The summed E-state index contributed by atoms with van der Waals surface area (Å²) in [6, 6.07) is 6.62. The molecular formula is C20H18Cl2F3N5O2. The maximum atomic E-state index is 13.8. The molecule has 0 aliphatic carbocycles. The van der Waals surface area contributed by atoms with Crippen LogP contribution in [0.4, 0.5) is 24.5 Å². The molecule has 1 fully saturated rings. The van der Waals surface area contributed by atoms with Crippen molar-refractivity contribution in [1.82, 2.24) is 0 Å². The van der Waals surface area contributed by atoms with E-state index < -0.39 is 41.2 Å². The molecule has 0 spiro atoms.